The summed E-state index contributed by atoms with van der Waals surface area (Å²) in [5, 5.41) is 12.1. The molecular formula is C17H26N2O2. The van der Waals surface area contributed by atoms with E-state index in [1.54, 1.807) is 0 Å². The average molecular weight is 290 g/mol. The van der Waals surface area contributed by atoms with Crippen molar-refractivity contribution in [2.75, 3.05) is 19.7 Å². The highest BCUT2D eigenvalue weighted by Crippen LogP contribution is 2.22. The van der Waals surface area contributed by atoms with Crippen LogP contribution in [0.25, 0.3) is 0 Å². The van der Waals surface area contributed by atoms with Gasteiger partial charge in [-0.3, -0.25) is 9.69 Å². The van der Waals surface area contributed by atoms with Crippen molar-refractivity contribution in [1.82, 2.24) is 10.2 Å². The van der Waals surface area contributed by atoms with Crippen molar-refractivity contribution >= 4 is 5.91 Å². The van der Waals surface area contributed by atoms with Crippen LogP contribution in [-0.2, 0) is 11.3 Å². The number of hydrogen-bond donors (Lipinski definition) is 2. The van der Waals surface area contributed by atoms with Crippen LogP contribution < -0.4 is 5.32 Å². The topological polar surface area (TPSA) is 52.6 Å². The molecule has 21 heavy (non-hydrogen) atoms. The first-order chi connectivity index (χ1) is 10.2. The van der Waals surface area contributed by atoms with Gasteiger partial charge in [0.05, 0.1) is 13.2 Å². The minimum atomic E-state index is 0.0379. The summed E-state index contributed by atoms with van der Waals surface area (Å²) >= 11 is 0. The maximum absolute atomic E-state index is 12.1. The number of amides is 1. The molecule has 0 radical (unpaired) electrons. The highest BCUT2D eigenvalue weighted by molar-refractivity contribution is 5.78. The fourth-order valence-corrected chi connectivity index (χ4v) is 2.94. The van der Waals surface area contributed by atoms with Gasteiger partial charge in [-0.2, -0.15) is 0 Å². The van der Waals surface area contributed by atoms with Crippen molar-refractivity contribution in [2.24, 2.45) is 0 Å². The zero-order chi connectivity index (χ0) is 15.1. The van der Waals surface area contributed by atoms with Gasteiger partial charge in [-0.1, -0.05) is 42.7 Å². The fourth-order valence-electron chi connectivity index (χ4n) is 2.94. The Balaban J connectivity index is 1.79. The molecule has 0 aromatic heterocycles. The van der Waals surface area contributed by atoms with E-state index in [4.69, 9.17) is 0 Å². The second-order valence-electron chi connectivity index (χ2n) is 5.89. The number of nitrogens with zero attached hydrogens (tertiary/aromatic N) is 1. The van der Waals surface area contributed by atoms with E-state index in [1.807, 2.05) is 12.1 Å². The van der Waals surface area contributed by atoms with E-state index in [9.17, 15) is 9.90 Å². The van der Waals surface area contributed by atoms with Gasteiger partial charge in [-0.25, -0.2) is 0 Å². The SMILES string of the molecule is Cc1ccc(CNC(=O)CN(CCO)C2CCCC2)cc1. The number of hydrogen-bond acceptors (Lipinski definition) is 3. The van der Waals surface area contributed by atoms with Gasteiger partial charge in [0.15, 0.2) is 0 Å². The van der Waals surface area contributed by atoms with Crippen LogP contribution in [0.4, 0.5) is 0 Å². The Morgan fingerprint density at radius 1 is 1.29 bits per heavy atom. The number of benzene rings is 1. The Labute approximate surface area is 127 Å². The molecule has 0 aliphatic heterocycles. The monoisotopic (exact) mass is 290 g/mol. The molecule has 1 amide bonds. The van der Waals surface area contributed by atoms with Crippen LogP contribution in [0.1, 0.15) is 36.8 Å². The number of nitrogens with one attached hydrogen (secondary N) is 1. The smallest absolute Gasteiger partial charge is 0.234 e. The standard InChI is InChI=1S/C17H26N2O2/c1-14-6-8-15(9-7-14)12-18-17(21)13-19(10-11-20)16-4-2-3-5-16/h6-9,16,20H,2-5,10-13H2,1H3,(H,18,21). The zero-order valence-electron chi connectivity index (χ0n) is 12.8. The second-order valence-corrected chi connectivity index (χ2v) is 5.89. The van der Waals surface area contributed by atoms with Gasteiger partial charge in [0.1, 0.15) is 0 Å². The molecule has 0 spiro atoms. The van der Waals surface area contributed by atoms with Crippen molar-refractivity contribution in [2.45, 2.75) is 45.2 Å². The Bertz CT molecular complexity index is 439. The first-order valence-electron chi connectivity index (χ1n) is 7.86. The lowest BCUT2D eigenvalue weighted by atomic mass is 10.1. The predicted octanol–water partition coefficient (Wildman–Crippen LogP) is 1.85. The summed E-state index contributed by atoms with van der Waals surface area (Å²) in [6, 6.07) is 8.65. The number of aliphatic hydroxyl groups excluding tert-OH is 1. The minimum absolute atomic E-state index is 0.0379. The molecule has 4 heteroatoms. The first-order valence-corrected chi connectivity index (χ1v) is 7.86. The zero-order valence-corrected chi connectivity index (χ0v) is 12.8. The van der Waals surface area contributed by atoms with Crippen LogP contribution in [0.15, 0.2) is 24.3 Å². The molecule has 2 rings (SSSR count). The lowest BCUT2D eigenvalue weighted by Crippen LogP contribution is -2.43. The van der Waals surface area contributed by atoms with E-state index in [0.29, 0.717) is 25.7 Å². The van der Waals surface area contributed by atoms with Gasteiger partial charge in [0.2, 0.25) is 5.91 Å². The normalized spacial score (nSPS) is 15.6. The maximum atomic E-state index is 12.1. The summed E-state index contributed by atoms with van der Waals surface area (Å²) in [5.74, 6) is 0.0379. The summed E-state index contributed by atoms with van der Waals surface area (Å²) in [5.41, 5.74) is 2.34. The molecule has 0 saturated heterocycles. The Morgan fingerprint density at radius 2 is 1.95 bits per heavy atom. The van der Waals surface area contributed by atoms with Gasteiger partial charge in [0.25, 0.3) is 0 Å². The van der Waals surface area contributed by atoms with Gasteiger partial charge in [-0.05, 0) is 25.3 Å². The highest BCUT2D eigenvalue weighted by Gasteiger charge is 2.23. The lowest BCUT2D eigenvalue weighted by molar-refractivity contribution is -0.123. The van der Waals surface area contributed by atoms with E-state index in [-0.39, 0.29) is 12.5 Å². The highest BCUT2D eigenvalue weighted by atomic mass is 16.3. The lowest BCUT2D eigenvalue weighted by Gasteiger charge is -2.27. The molecule has 116 valence electrons. The molecule has 0 atom stereocenters. The third-order valence-corrected chi connectivity index (χ3v) is 4.19. The van der Waals surface area contributed by atoms with E-state index < -0.39 is 0 Å². The molecule has 0 unspecified atom stereocenters. The summed E-state index contributed by atoms with van der Waals surface area (Å²) in [6.45, 7) is 3.70. The van der Waals surface area contributed by atoms with Gasteiger partial charge in [0, 0.05) is 19.1 Å². The largest absolute Gasteiger partial charge is 0.395 e. The van der Waals surface area contributed by atoms with Crippen molar-refractivity contribution in [3.63, 3.8) is 0 Å². The van der Waals surface area contributed by atoms with Crippen molar-refractivity contribution in [1.29, 1.82) is 0 Å². The van der Waals surface area contributed by atoms with Gasteiger partial charge >= 0.3 is 0 Å². The summed E-state index contributed by atoms with van der Waals surface area (Å²) in [4.78, 5) is 14.2. The summed E-state index contributed by atoms with van der Waals surface area (Å²) in [7, 11) is 0. The molecule has 2 N–H and O–H groups in total. The molecule has 1 aromatic rings. The number of carbonyl (C=O) groups is 1. The number of carbonyl (C=O) groups excluding carboxylic acids is 1. The van der Waals surface area contributed by atoms with Crippen LogP contribution in [0.3, 0.4) is 0 Å². The molecule has 0 heterocycles. The van der Waals surface area contributed by atoms with Crippen molar-refractivity contribution in [3.8, 4) is 0 Å². The van der Waals surface area contributed by atoms with Crippen LogP contribution in [0.5, 0.6) is 0 Å². The second kappa shape index (κ2) is 8.15. The fraction of sp³-hybridized carbons (Fsp3) is 0.588. The van der Waals surface area contributed by atoms with Crippen LogP contribution >= 0.6 is 0 Å². The molecule has 4 nitrogen and oxygen atoms in total. The molecule has 1 fully saturated rings. The van der Waals surface area contributed by atoms with Crippen molar-refractivity contribution in [3.05, 3.63) is 35.4 Å². The minimum Gasteiger partial charge on any atom is -0.395 e. The average Bonchev–Trinajstić information content (AvgIpc) is 3.00. The van der Waals surface area contributed by atoms with Gasteiger partial charge in [-0.15, -0.1) is 0 Å². The van der Waals surface area contributed by atoms with E-state index in [0.717, 1.165) is 18.4 Å². The summed E-state index contributed by atoms with van der Waals surface area (Å²) < 4.78 is 0. The Kier molecular flexibility index (Phi) is 6.21. The molecule has 0 bridgehead atoms. The van der Waals surface area contributed by atoms with Crippen molar-refractivity contribution < 1.29 is 9.90 Å². The third kappa shape index (κ3) is 5.14. The third-order valence-electron chi connectivity index (χ3n) is 4.19. The van der Waals surface area contributed by atoms with Crippen LogP contribution in [0, 0.1) is 6.92 Å². The molecule has 1 aromatic carbocycles. The summed E-state index contributed by atoms with van der Waals surface area (Å²) in [6.07, 6.45) is 4.76. The first kappa shape index (κ1) is 16.0. The number of rotatable bonds is 7. The number of aryl methyl sites for hydroxylation is 1. The maximum Gasteiger partial charge on any atom is 0.234 e. The predicted molar refractivity (Wildman–Crippen MR) is 83.9 cm³/mol. The van der Waals surface area contributed by atoms with E-state index in [1.165, 1.54) is 18.4 Å². The number of aliphatic hydroxyl groups is 1. The Hall–Kier alpha value is -1.39. The van der Waals surface area contributed by atoms with Crippen LogP contribution in [-0.4, -0.2) is 41.7 Å². The van der Waals surface area contributed by atoms with E-state index >= 15 is 0 Å². The molecule has 1 aliphatic carbocycles. The Morgan fingerprint density at radius 3 is 2.57 bits per heavy atom. The molecular weight excluding hydrogens is 264 g/mol. The quantitative estimate of drug-likeness (QED) is 0.806. The van der Waals surface area contributed by atoms with Gasteiger partial charge < -0.3 is 10.4 Å². The van der Waals surface area contributed by atoms with Crippen LogP contribution in [0.2, 0.25) is 0 Å². The van der Waals surface area contributed by atoms with E-state index in [2.05, 4.69) is 29.3 Å². The molecule has 1 aliphatic rings. The molecule has 1 saturated carbocycles.